The molecule has 0 amide bonds. The van der Waals surface area contributed by atoms with Crippen LogP contribution in [0.4, 0.5) is 0 Å². The van der Waals surface area contributed by atoms with E-state index in [9.17, 15) is 5.11 Å². The highest BCUT2D eigenvalue weighted by atomic mass is 16.5. The van der Waals surface area contributed by atoms with Crippen molar-refractivity contribution in [3.63, 3.8) is 0 Å². The van der Waals surface area contributed by atoms with E-state index in [1.165, 1.54) is 0 Å². The van der Waals surface area contributed by atoms with Crippen molar-refractivity contribution in [3.8, 4) is 11.5 Å². The Bertz CT molecular complexity index is 403. The molecule has 1 aliphatic rings. The van der Waals surface area contributed by atoms with E-state index in [-0.39, 0.29) is 0 Å². The number of β-amino-alcohol motifs (C(OH)–C–C–N with tert-alkyl or cyclic N) is 1. The number of likely N-dealkylation sites (tertiary alicyclic amines) is 1. The van der Waals surface area contributed by atoms with Crippen LogP contribution in [-0.4, -0.2) is 48.5 Å². The normalized spacial score (nSPS) is 22.9. The van der Waals surface area contributed by atoms with Crippen molar-refractivity contribution in [2.45, 2.75) is 32.3 Å². The lowest BCUT2D eigenvalue weighted by atomic mass is 10.1. The number of hydrogen-bond donors (Lipinski definition) is 1. The molecule has 1 atom stereocenters. The zero-order chi connectivity index (χ0) is 14.4. The fourth-order valence-corrected chi connectivity index (χ4v) is 2.37. The lowest BCUT2D eigenvalue weighted by molar-refractivity contribution is 0.0670. The molecule has 112 valence electrons. The third-order valence-electron chi connectivity index (χ3n) is 3.50. The highest BCUT2D eigenvalue weighted by Gasteiger charge is 2.30. The van der Waals surface area contributed by atoms with Crippen LogP contribution in [0.25, 0.3) is 0 Å². The molecule has 1 heterocycles. The fraction of sp³-hybridized carbons (Fsp3) is 0.625. The predicted octanol–water partition coefficient (Wildman–Crippen LogP) is 2.31. The maximum absolute atomic E-state index is 9.89. The molecule has 2 rings (SSSR count). The van der Waals surface area contributed by atoms with E-state index >= 15 is 0 Å². The minimum atomic E-state index is -0.529. The summed E-state index contributed by atoms with van der Waals surface area (Å²) in [4.78, 5) is 2.23. The average Bonchev–Trinajstić information content (AvgIpc) is 2.77. The van der Waals surface area contributed by atoms with Crippen LogP contribution in [0.15, 0.2) is 24.3 Å². The van der Waals surface area contributed by atoms with E-state index < -0.39 is 5.60 Å². The van der Waals surface area contributed by atoms with Gasteiger partial charge in [-0.2, -0.15) is 0 Å². The van der Waals surface area contributed by atoms with E-state index in [1.54, 1.807) is 0 Å². The molecule has 4 nitrogen and oxygen atoms in total. The Morgan fingerprint density at radius 1 is 1.15 bits per heavy atom. The molecule has 0 aromatic heterocycles. The Hall–Kier alpha value is -1.26. The molecule has 4 heteroatoms. The molecule has 0 saturated carbocycles. The van der Waals surface area contributed by atoms with Crippen LogP contribution in [0.1, 0.15) is 26.7 Å². The average molecular weight is 279 g/mol. The molecule has 1 N–H and O–H groups in total. The Labute approximate surface area is 121 Å². The van der Waals surface area contributed by atoms with Gasteiger partial charge in [-0.1, -0.05) is 6.92 Å². The summed E-state index contributed by atoms with van der Waals surface area (Å²) in [5.41, 5.74) is -0.529. The summed E-state index contributed by atoms with van der Waals surface area (Å²) < 4.78 is 11.2. The summed E-state index contributed by atoms with van der Waals surface area (Å²) in [6.45, 7) is 7.90. The van der Waals surface area contributed by atoms with Crippen molar-refractivity contribution in [3.05, 3.63) is 24.3 Å². The van der Waals surface area contributed by atoms with Crippen molar-refractivity contribution in [2.24, 2.45) is 0 Å². The molecular weight excluding hydrogens is 254 g/mol. The Morgan fingerprint density at radius 2 is 1.75 bits per heavy atom. The van der Waals surface area contributed by atoms with Gasteiger partial charge in [-0.25, -0.2) is 0 Å². The zero-order valence-electron chi connectivity index (χ0n) is 12.5. The van der Waals surface area contributed by atoms with Gasteiger partial charge in [0, 0.05) is 19.6 Å². The highest BCUT2D eigenvalue weighted by Crippen LogP contribution is 2.20. The van der Waals surface area contributed by atoms with Crippen molar-refractivity contribution in [1.29, 1.82) is 0 Å². The quantitative estimate of drug-likeness (QED) is 0.831. The fourth-order valence-electron chi connectivity index (χ4n) is 2.37. The zero-order valence-corrected chi connectivity index (χ0v) is 12.5. The van der Waals surface area contributed by atoms with Crippen LogP contribution in [0, 0.1) is 0 Å². The minimum Gasteiger partial charge on any atom is -0.494 e. The van der Waals surface area contributed by atoms with Gasteiger partial charge in [0.05, 0.1) is 12.2 Å². The predicted molar refractivity (Wildman–Crippen MR) is 79.4 cm³/mol. The molecule has 0 aliphatic carbocycles. The number of nitrogens with zero attached hydrogens (tertiary/aromatic N) is 1. The van der Waals surface area contributed by atoms with Gasteiger partial charge in [-0.15, -0.1) is 0 Å². The van der Waals surface area contributed by atoms with Crippen LogP contribution in [-0.2, 0) is 0 Å². The van der Waals surface area contributed by atoms with Gasteiger partial charge < -0.3 is 14.6 Å². The number of ether oxygens (including phenoxy) is 2. The first kappa shape index (κ1) is 15.1. The van der Waals surface area contributed by atoms with Crippen molar-refractivity contribution < 1.29 is 14.6 Å². The number of benzene rings is 1. The Kier molecular flexibility index (Phi) is 5.26. The van der Waals surface area contributed by atoms with E-state index in [2.05, 4.69) is 11.8 Å². The molecule has 1 aliphatic heterocycles. The SMILES string of the molecule is CCCOc1ccc(OCCN2CCC(C)(O)C2)cc1. The molecule has 1 fully saturated rings. The van der Waals surface area contributed by atoms with Gasteiger partial charge in [0.2, 0.25) is 0 Å². The van der Waals surface area contributed by atoms with Gasteiger partial charge in [-0.05, 0) is 44.0 Å². The van der Waals surface area contributed by atoms with Crippen LogP contribution >= 0.6 is 0 Å². The summed E-state index contributed by atoms with van der Waals surface area (Å²) in [5, 5.41) is 9.89. The monoisotopic (exact) mass is 279 g/mol. The van der Waals surface area contributed by atoms with Crippen molar-refractivity contribution >= 4 is 0 Å². The second-order valence-corrected chi connectivity index (χ2v) is 5.69. The van der Waals surface area contributed by atoms with Gasteiger partial charge in [0.1, 0.15) is 18.1 Å². The van der Waals surface area contributed by atoms with Gasteiger partial charge in [-0.3, -0.25) is 4.90 Å². The summed E-state index contributed by atoms with van der Waals surface area (Å²) in [7, 11) is 0. The third kappa shape index (κ3) is 4.69. The van der Waals surface area contributed by atoms with Crippen LogP contribution < -0.4 is 9.47 Å². The van der Waals surface area contributed by atoms with Gasteiger partial charge in [0.15, 0.2) is 0 Å². The van der Waals surface area contributed by atoms with Crippen LogP contribution in [0.3, 0.4) is 0 Å². The van der Waals surface area contributed by atoms with E-state index in [0.717, 1.165) is 50.6 Å². The molecule has 1 saturated heterocycles. The first-order valence-electron chi connectivity index (χ1n) is 7.39. The number of rotatable bonds is 7. The van der Waals surface area contributed by atoms with Gasteiger partial charge in [0.25, 0.3) is 0 Å². The standard InChI is InChI=1S/C16H25NO3/c1-3-11-19-14-4-6-15(7-5-14)20-12-10-17-9-8-16(2,18)13-17/h4-7,18H,3,8-13H2,1-2H3. The van der Waals surface area contributed by atoms with E-state index in [1.807, 2.05) is 31.2 Å². The lowest BCUT2D eigenvalue weighted by Gasteiger charge is -2.18. The summed E-state index contributed by atoms with van der Waals surface area (Å²) >= 11 is 0. The smallest absolute Gasteiger partial charge is 0.119 e. The maximum atomic E-state index is 9.89. The van der Waals surface area contributed by atoms with Crippen molar-refractivity contribution in [2.75, 3.05) is 32.8 Å². The van der Waals surface area contributed by atoms with E-state index in [4.69, 9.17) is 9.47 Å². The molecule has 1 unspecified atom stereocenters. The minimum absolute atomic E-state index is 0.529. The Morgan fingerprint density at radius 3 is 2.25 bits per heavy atom. The summed E-state index contributed by atoms with van der Waals surface area (Å²) in [6, 6.07) is 7.74. The maximum Gasteiger partial charge on any atom is 0.119 e. The second kappa shape index (κ2) is 6.95. The van der Waals surface area contributed by atoms with Crippen LogP contribution in [0.5, 0.6) is 11.5 Å². The Balaban J connectivity index is 1.69. The first-order chi connectivity index (χ1) is 9.59. The van der Waals surface area contributed by atoms with Crippen molar-refractivity contribution in [1.82, 2.24) is 4.90 Å². The molecule has 1 aromatic rings. The highest BCUT2D eigenvalue weighted by molar-refractivity contribution is 5.31. The molecule has 0 spiro atoms. The molecular formula is C16H25NO3. The lowest BCUT2D eigenvalue weighted by Crippen LogP contribution is -2.32. The summed E-state index contributed by atoms with van der Waals surface area (Å²) in [5.74, 6) is 1.74. The number of aliphatic hydroxyl groups is 1. The summed E-state index contributed by atoms with van der Waals surface area (Å²) in [6.07, 6.45) is 1.86. The molecule has 20 heavy (non-hydrogen) atoms. The third-order valence-corrected chi connectivity index (χ3v) is 3.50. The van der Waals surface area contributed by atoms with Gasteiger partial charge >= 0.3 is 0 Å². The topological polar surface area (TPSA) is 41.9 Å². The number of hydrogen-bond acceptors (Lipinski definition) is 4. The van der Waals surface area contributed by atoms with E-state index in [0.29, 0.717) is 6.61 Å². The largest absolute Gasteiger partial charge is 0.494 e. The molecule has 0 bridgehead atoms. The molecule has 0 radical (unpaired) electrons. The first-order valence-corrected chi connectivity index (χ1v) is 7.39. The van der Waals surface area contributed by atoms with Crippen LogP contribution in [0.2, 0.25) is 0 Å². The second-order valence-electron chi connectivity index (χ2n) is 5.69. The molecule has 1 aromatic carbocycles.